The molecule has 0 radical (unpaired) electrons. The van der Waals surface area contributed by atoms with Gasteiger partial charge in [0, 0.05) is 43.6 Å². The normalized spacial score (nSPS) is 16.6. The molecule has 1 atom stereocenters. The lowest BCUT2D eigenvalue weighted by Crippen LogP contribution is -2.43. The number of piperidine rings is 1. The number of nitrogens with two attached hydrogens (primary N) is 1. The minimum atomic E-state index is -0.157. The monoisotopic (exact) mass is 446 g/mol. The highest BCUT2D eigenvalue weighted by molar-refractivity contribution is 5.93. The van der Waals surface area contributed by atoms with E-state index in [9.17, 15) is 4.79 Å². The van der Waals surface area contributed by atoms with E-state index < -0.39 is 0 Å². The zero-order valence-electron chi connectivity index (χ0n) is 20.0. The van der Waals surface area contributed by atoms with Crippen molar-refractivity contribution < 1.29 is 4.79 Å². The number of hydrogen-bond acceptors (Lipinski definition) is 5. The molecule has 2 aromatic heterocycles. The summed E-state index contributed by atoms with van der Waals surface area (Å²) >= 11 is 0. The largest absolute Gasteiger partial charge is 0.368 e. The van der Waals surface area contributed by atoms with E-state index in [1.165, 1.54) is 0 Å². The lowest BCUT2D eigenvalue weighted by molar-refractivity contribution is 0.0950. The van der Waals surface area contributed by atoms with E-state index in [-0.39, 0.29) is 17.5 Å². The predicted octanol–water partition coefficient (Wildman–Crippen LogP) is 3.87. The van der Waals surface area contributed by atoms with Gasteiger partial charge in [-0.15, -0.1) is 0 Å². The summed E-state index contributed by atoms with van der Waals surface area (Å²) in [6.45, 7) is 10.6. The number of carbonyl (C=O) groups is 1. The Labute approximate surface area is 196 Å². The van der Waals surface area contributed by atoms with Gasteiger partial charge in [-0.3, -0.25) is 14.5 Å². The van der Waals surface area contributed by atoms with Crippen molar-refractivity contribution in [1.82, 2.24) is 20.1 Å². The van der Waals surface area contributed by atoms with E-state index in [2.05, 4.69) is 72.3 Å². The molecule has 3 aromatic rings. The Morgan fingerprint density at radius 1 is 1.24 bits per heavy atom. The van der Waals surface area contributed by atoms with Crippen LogP contribution in [-0.2, 0) is 12.1 Å². The third-order valence-electron chi connectivity index (χ3n) is 6.22. The van der Waals surface area contributed by atoms with Crippen molar-refractivity contribution in [2.24, 2.45) is 5.73 Å². The van der Waals surface area contributed by atoms with E-state index >= 15 is 0 Å². The van der Waals surface area contributed by atoms with Crippen molar-refractivity contribution in [3.05, 3.63) is 65.7 Å². The molecule has 174 valence electrons. The number of aryl methyl sites for hydroxylation is 1. The van der Waals surface area contributed by atoms with Crippen LogP contribution in [-0.4, -0.2) is 39.8 Å². The predicted molar refractivity (Wildman–Crippen MR) is 132 cm³/mol. The lowest BCUT2D eigenvalue weighted by atomic mass is 9.98. The van der Waals surface area contributed by atoms with E-state index in [4.69, 9.17) is 5.73 Å². The molecule has 0 bridgehead atoms. The van der Waals surface area contributed by atoms with Gasteiger partial charge in [0.05, 0.1) is 29.2 Å². The Bertz CT molecular complexity index is 1130. The van der Waals surface area contributed by atoms with E-state index in [1.807, 2.05) is 17.1 Å². The minimum absolute atomic E-state index is 0.119. The average molecular weight is 447 g/mol. The number of aromatic nitrogens is 3. The van der Waals surface area contributed by atoms with Crippen LogP contribution in [0.4, 0.5) is 5.69 Å². The molecule has 0 saturated carbocycles. The Morgan fingerprint density at radius 2 is 2.06 bits per heavy atom. The quantitative estimate of drug-likeness (QED) is 0.621. The first-order valence-corrected chi connectivity index (χ1v) is 11.6. The van der Waals surface area contributed by atoms with Gasteiger partial charge in [0.25, 0.3) is 5.91 Å². The van der Waals surface area contributed by atoms with Gasteiger partial charge in [-0.1, -0.05) is 18.2 Å². The van der Waals surface area contributed by atoms with Gasteiger partial charge in [-0.25, -0.2) is 0 Å². The van der Waals surface area contributed by atoms with Gasteiger partial charge >= 0.3 is 0 Å². The molecule has 1 amide bonds. The molecule has 0 spiro atoms. The van der Waals surface area contributed by atoms with Crippen LogP contribution in [0.2, 0.25) is 0 Å². The van der Waals surface area contributed by atoms with Crippen molar-refractivity contribution >= 4 is 11.6 Å². The molecule has 1 fully saturated rings. The van der Waals surface area contributed by atoms with Crippen LogP contribution >= 0.6 is 0 Å². The fraction of sp³-hybridized carbons (Fsp3) is 0.423. The van der Waals surface area contributed by atoms with Gasteiger partial charge in [0.15, 0.2) is 0 Å². The number of amides is 1. The number of rotatable bonds is 5. The van der Waals surface area contributed by atoms with Crippen LogP contribution in [0, 0.1) is 6.92 Å². The van der Waals surface area contributed by atoms with Crippen molar-refractivity contribution in [2.45, 2.75) is 58.7 Å². The van der Waals surface area contributed by atoms with Crippen LogP contribution in [0.1, 0.15) is 55.1 Å². The van der Waals surface area contributed by atoms with Gasteiger partial charge in [-0.2, -0.15) is 5.10 Å². The number of nitrogens with one attached hydrogen (secondary N) is 1. The molecule has 1 aliphatic heterocycles. The first-order valence-electron chi connectivity index (χ1n) is 11.6. The van der Waals surface area contributed by atoms with Crippen LogP contribution in [0.3, 0.4) is 0 Å². The van der Waals surface area contributed by atoms with Crippen LogP contribution < -0.4 is 16.0 Å². The maximum absolute atomic E-state index is 12.6. The molecular formula is C26H34N6O. The lowest BCUT2D eigenvalue weighted by Gasteiger charge is -2.33. The molecular weight excluding hydrogens is 412 g/mol. The standard InChI is InChI=1S/C26H34N6O/c1-18-12-19(23-9-10-28-15-24(23)31-11-5-6-22(27)17-31)7-8-20(18)13-29-25(33)21-14-30-32(16-21)26(2,3)4/h7-10,12,14-16,22H,5-6,11,13,17,27H2,1-4H3,(H,29,33). The molecule has 3 N–H and O–H groups in total. The molecule has 3 heterocycles. The fourth-order valence-electron chi connectivity index (χ4n) is 4.26. The highest BCUT2D eigenvalue weighted by Gasteiger charge is 2.20. The molecule has 1 unspecified atom stereocenters. The van der Waals surface area contributed by atoms with Crippen molar-refractivity contribution in [2.75, 3.05) is 18.0 Å². The average Bonchev–Trinajstić information content (AvgIpc) is 3.29. The summed E-state index contributed by atoms with van der Waals surface area (Å²) in [5.74, 6) is -0.119. The topological polar surface area (TPSA) is 89.1 Å². The molecule has 4 rings (SSSR count). The highest BCUT2D eigenvalue weighted by Crippen LogP contribution is 2.32. The maximum atomic E-state index is 12.6. The second kappa shape index (κ2) is 9.35. The van der Waals surface area contributed by atoms with Gasteiger partial charge < -0.3 is 16.0 Å². The number of hydrogen-bond donors (Lipinski definition) is 2. The summed E-state index contributed by atoms with van der Waals surface area (Å²) in [6, 6.07) is 8.67. The molecule has 1 aromatic carbocycles. The van der Waals surface area contributed by atoms with E-state index in [0.717, 1.165) is 53.9 Å². The Morgan fingerprint density at radius 3 is 2.76 bits per heavy atom. The molecule has 1 aliphatic rings. The Kier molecular flexibility index (Phi) is 6.51. The summed E-state index contributed by atoms with van der Waals surface area (Å²) in [6.07, 6.45) is 9.36. The van der Waals surface area contributed by atoms with Crippen molar-refractivity contribution in [3.63, 3.8) is 0 Å². The SMILES string of the molecule is Cc1cc(-c2ccncc2N2CCCC(N)C2)ccc1CNC(=O)c1cnn(C(C)(C)C)c1. The summed E-state index contributed by atoms with van der Waals surface area (Å²) < 4.78 is 1.81. The maximum Gasteiger partial charge on any atom is 0.254 e. The van der Waals surface area contributed by atoms with Crippen LogP contribution in [0.25, 0.3) is 11.1 Å². The summed E-state index contributed by atoms with van der Waals surface area (Å²) in [7, 11) is 0. The molecule has 7 nitrogen and oxygen atoms in total. The third kappa shape index (κ3) is 5.25. The third-order valence-corrected chi connectivity index (χ3v) is 6.22. The highest BCUT2D eigenvalue weighted by atomic mass is 16.1. The molecule has 0 aliphatic carbocycles. The summed E-state index contributed by atoms with van der Waals surface area (Å²) in [5.41, 5.74) is 12.3. The van der Waals surface area contributed by atoms with Crippen LogP contribution in [0.5, 0.6) is 0 Å². The number of carbonyl (C=O) groups excluding carboxylic acids is 1. The summed E-state index contributed by atoms with van der Waals surface area (Å²) in [4.78, 5) is 19.3. The van der Waals surface area contributed by atoms with Crippen molar-refractivity contribution in [3.8, 4) is 11.1 Å². The number of anilines is 1. The van der Waals surface area contributed by atoms with Gasteiger partial charge in [0.2, 0.25) is 0 Å². The van der Waals surface area contributed by atoms with Gasteiger partial charge in [-0.05, 0) is 63.3 Å². The smallest absolute Gasteiger partial charge is 0.254 e. The molecule has 7 heteroatoms. The minimum Gasteiger partial charge on any atom is -0.368 e. The zero-order chi connectivity index (χ0) is 23.6. The van der Waals surface area contributed by atoms with Crippen molar-refractivity contribution in [1.29, 1.82) is 0 Å². The second-order valence-electron chi connectivity index (χ2n) is 9.91. The first-order chi connectivity index (χ1) is 15.7. The zero-order valence-corrected chi connectivity index (χ0v) is 20.0. The van der Waals surface area contributed by atoms with Gasteiger partial charge in [0.1, 0.15) is 0 Å². The molecule has 1 saturated heterocycles. The van der Waals surface area contributed by atoms with E-state index in [1.54, 1.807) is 12.4 Å². The Balaban J connectivity index is 1.48. The van der Waals surface area contributed by atoms with Crippen LogP contribution in [0.15, 0.2) is 49.1 Å². The number of pyridine rings is 1. The first kappa shape index (κ1) is 23.0. The number of benzene rings is 1. The molecule has 33 heavy (non-hydrogen) atoms. The Hall–Kier alpha value is -3.19. The van der Waals surface area contributed by atoms with E-state index in [0.29, 0.717) is 12.1 Å². The summed E-state index contributed by atoms with van der Waals surface area (Å²) in [5, 5.41) is 7.34. The number of nitrogens with zero attached hydrogens (tertiary/aromatic N) is 4. The second-order valence-corrected chi connectivity index (χ2v) is 9.91. The fourth-order valence-corrected chi connectivity index (χ4v) is 4.26.